The minimum Gasteiger partial charge on any atom is -0.457 e. The van der Waals surface area contributed by atoms with E-state index in [0.717, 1.165) is 38.2 Å². The maximum atomic E-state index is 11.6. The van der Waals surface area contributed by atoms with E-state index in [1.807, 2.05) is 79.0 Å². The van der Waals surface area contributed by atoms with E-state index < -0.39 is 0 Å². The lowest BCUT2D eigenvalue weighted by atomic mass is 10.2. The van der Waals surface area contributed by atoms with Gasteiger partial charge in [-0.05, 0) is 61.5 Å². The Hall–Kier alpha value is -3.97. The third kappa shape index (κ3) is 4.04. The molecule has 5 rings (SSSR count). The molecule has 0 saturated heterocycles. The van der Waals surface area contributed by atoms with Gasteiger partial charge in [0.2, 0.25) is 0 Å². The Morgan fingerprint density at radius 1 is 0.968 bits per heavy atom. The van der Waals surface area contributed by atoms with E-state index in [1.54, 1.807) is 17.6 Å². The minimum absolute atomic E-state index is 0.0581. The molecule has 31 heavy (non-hydrogen) atoms. The normalized spacial score (nSPS) is 10.9. The first kappa shape index (κ1) is 19.0. The molecule has 3 aromatic heterocycles. The molecule has 0 aliphatic carbocycles. The number of benzene rings is 2. The highest BCUT2D eigenvalue weighted by Gasteiger charge is 2.13. The fraction of sp³-hybridized carbons (Fsp3) is 0.0417. The number of carbonyl (C=O) groups excluding carboxylic acids is 1. The van der Waals surface area contributed by atoms with Crippen LogP contribution in [0.3, 0.4) is 0 Å². The second-order valence-corrected chi connectivity index (χ2v) is 8.01. The van der Waals surface area contributed by atoms with Crippen molar-refractivity contribution < 1.29 is 9.53 Å². The summed E-state index contributed by atoms with van der Waals surface area (Å²) < 4.78 is 7.56. The standard InChI is InChI=1S/C24H18N4O2S/c1-16(29)21-11-12-22(31-21)20-15-25-28-14-13-23(27-24(20)28)26-17-7-9-19(10-8-17)30-18-5-3-2-4-6-18/h2-15H,1H3,(H,26,27). The van der Waals surface area contributed by atoms with Crippen LogP contribution in [0.1, 0.15) is 16.6 Å². The summed E-state index contributed by atoms with van der Waals surface area (Å²) in [5.74, 6) is 2.32. The maximum absolute atomic E-state index is 11.6. The molecule has 0 bridgehead atoms. The molecule has 0 unspecified atom stereocenters. The predicted octanol–water partition coefficient (Wildman–Crippen LogP) is 6.20. The zero-order chi connectivity index (χ0) is 21.2. The number of para-hydroxylation sites is 1. The minimum atomic E-state index is 0.0581. The van der Waals surface area contributed by atoms with Gasteiger partial charge in [0, 0.05) is 16.8 Å². The number of fused-ring (bicyclic) bond motifs is 1. The maximum Gasteiger partial charge on any atom is 0.169 e. The lowest BCUT2D eigenvalue weighted by molar-refractivity contribution is 0.102. The van der Waals surface area contributed by atoms with Crippen LogP contribution in [0.25, 0.3) is 16.1 Å². The molecule has 6 nitrogen and oxygen atoms in total. The molecule has 0 amide bonds. The van der Waals surface area contributed by atoms with Gasteiger partial charge in [-0.1, -0.05) is 18.2 Å². The Bertz CT molecular complexity index is 1360. The molecular weight excluding hydrogens is 408 g/mol. The summed E-state index contributed by atoms with van der Waals surface area (Å²) >= 11 is 1.45. The molecule has 0 aliphatic heterocycles. The summed E-state index contributed by atoms with van der Waals surface area (Å²) in [6, 6.07) is 23.0. The van der Waals surface area contributed by atoms with E-state index in [1.165, 1.54) is 11.3 Å². The molecule has 0 spiro atoms. The molecule has 0 radical (unpaired) electrons. The van der Waals surface area contributed by atoms with Gasteiger partial charge in [0.25, 0.3) is 0 Å². The number of aromatic nitrogens is 3. The van der Waals surface area contributed by atoms with E-state index in [9.17, 15) is 4.79 Å². The lowest BCUT2D eigenvalue weighted by Crippen LogP contribution is -1.97. The predicted molar refractivity (Wildman–Crippen MR) is 123 cm³/mol. The summed E-state index contributed by atoms with van der Waals surface area (Å²) in [6.45, 7) is 1.57. The SMILES string of the molecule is CC(=O)c1ccc(-c2cnn3ccc(Nc4ccc(Oc5ccccc5)cc4)nc23)s1. The van der Waals surface area contributed by atoms with Crippen LogP contribution in [0.5, 0.6) is 11.5 Å². The molecule has 1 N–H and O–H groups in total. The first-order valence-electron chi connectivity index (χ1n) is 9.71. The number of Topliss-reactive ketones (excluding diaryl/α,β-unsaturated/α-hetero) is 1. The number of thiophene rings is 1. The fourth-order valence-corrected chi connectivity index (χ4v) is 4.07. The Morgan fingerprint density at radius 3 is 2.48 bits per heavy atom. The Kier molecular flexibility index (Phi) is 4.93. The number of hydrogen-bond donors (Lipinski definition) is 1. The zero-order valence-electron chi connectivity index (χ0n) is 16.6. The van der Waals surface area contributed by atoms with Gasteiger partial charge in [-0.3, -0.25) is 4.79 Å². The van der Waals surface area contributed by atoms with Gasteiger partial charge in [0.15, 0.2) is 11.4 Å². The van der Waals surface area contributed by atoms with Crippen molar-refractivity contribution in [1.29, 1.82) is 0 Å². The van der Waals surface area contributed by atoms with Crippen molar-refractivity contribution in [1.82, 2.24) is 14.6 Å². The molecule has 152 valence electrons. The summed E-state index contributed by atoms with van der Waals surface area (Å²) in [7, 11) is 0. The third-order valence-corrected chi connectivity index (χ3v) is 5.91. The topological polar surface area (TPSA) is 68.5 Å². The number of nitrogens with zero attached hydrogens (tertiary/aromatic N) is 3. The molecule has 5 aromatic rings. The van der Waals surface area contributed by atoms with Crippen LogP contribution >= 0.6 is 11.3 Å². The lowest BCUT2D eigenvalue weighted by Gasteiger charge is -2.09. The van der Waals surface area contributed by atoms with Crippen molar-refractivity contribution in [3.05, 3.63) is 90.1 Å². The largest absolute Gasteiger partial charge is 0.457 e. The quantitative estimate of drug-likeness (QED) is 0.328. The van der Waals surface area contributed by atoms with Crippen molar-refractivity contribution >= 4 is 34.3 Å². The zero-order valence-corrected chi connectivity index (χ0v) is 17.5. The van der Waals surface area contributed by atoms with Crippen LogP contribution in [0, 0.1) is 0 Å². The molecule has 0 fully saturated rings. The number of carbonyl (C=O) groups is 1. The third-order valence-electron chi connectivity index (χ3n) is 4.69. The van der Waals surface area contributed by atoms with Crippen LogP contribution in [0.4, 0.5) is 11.5 Å². The van der Waals surface area contributed by atoms with Gasteiger partial charge in [0.1, 0.15) is 17.3 Å². The van der Waals surface area contributed by atoms with Crippen LogP contribution < -0.4 is 10.1 Å². The van der Waals surface area contributed by atoms with Gasteiger partial charge in [-0.15, -0.1) is 11.3 Å². The van der Waals surface area contributed by atoms with Gasteiger partial charge in [-0.25, -0.2) is 9.50 Å². The monoisotopic (exact) mass is 426 g/mol. The van der Waals surface area contributed by atoms with Crippen molar-refractivity contribution in [2.45, 2.75) is 6.92 Å². The molecule has 7 heteroatoms. The van der Waals surface area contributed by atoms with E-state index >= 15 is 0 Å². The Morgan fingerprint density at radius 2 is 1.74 bits per heavy atom. The van der Waals surface area contributed by atoms with Gasteiger partial charge in [0.05, 0.1) is 16.6 Å². The van der Waals surface area contributed by atoms with Crippen LogP contribution in [0.2, 0.25) is 0 Å². The molecule has 3 heterocycles. The first-order chi connectivity index (χ1) is 15.2. The number of anilines is 2. The van der Waals surface area contributed by atoms with Crippen LogP contribution in [-0.4, -0.2) is 20.4 Å². The van der Waals surface area contributed by atoms with Crippen molar-refractivity contribution in [2.75, 3.05) is 5.32 Å². The van der Waals surface area contributed by atoms with E-state index in [4.69, 9.17) is 9.72 Å². The van der Waals surface area contributed by atoms with E-state index in [2.05, 4.69) is 10.4 Å². The Labute approximate surface area is 182 Å². The molecule has 0 atom stereocenters. The van der Waals surface area contributed by atoms with Crippen molar-refractivity contribution in [2.24, 2.45) is 0 Å². The molecular formula is C24H18N4O2S. The second kappa shape index (κ2) is 8.04. The second-order valence-electron chi connectivity index (χ2n) is 6.92. The van der Waals surface area contributed by atoms with Gasteiger partial charge >= 0.3 is 0 Å². The average Bonchev–Trinajstić information content (AvgIpc) is 3.43. The highest BCUT2D eigenvalue weighted by molar-refractivity contribution is 7.17. The first-order valence-corrected chi connectivity index (χ1v) is 10.5. The highest BCUT2D eigenvalue weighted by Crippen LogP contribution is 2.31. The van der Waals surface area contributed by atoms with Crippen molar-refractivity contribution in [3.63, 3.8) is 0 Å². The smallest absolute Gasteiger partial charge is 0.169 e. The Balaban J connectivity index is 1.37. The summed E-state index contributed by atoms with van der Waals surface area (Å²) in [4.78, 5) is 18.1. The van der Waals surface area contributed by atoms with E-state index in [0.29, 0.717) is 5.82 Å². The molecule has 0 aliphatic rings. The molecule has 0 saturated carbocycles. The van der Waals surface area contributed by atoms with Gasteiger partial charge in [-0.2, -0.15) is 5.10 Å². The van der Waals surface area contributed by atoms with Crippen LogP contribution in [0.15, 0.2) is 85.2 Å². The fourth-order valence-electron chi connectivity index (χ4n) is 3.16. The summed E-state index contributed by atoms with van der Waals surface area (Å²) in [5.41, 5.74) is 2.52. The number of hydrogen-bond acceptors (Lipinski definition) is 6. The summed E-state index contributed by atoms with van der Waals surface area (Å²) in [5, 5.41) is 7.70. The number of nitrogens with one attached hydrogen (secondary N) is 1. The number of ether oxygens (including phenoxy) is 1. The highest BCUT2D eigenvalue weighted by atomic mass is 32.1. The van der Waals surface area contributed by atoms with E-state index in [-0.39, 0.29) is 5.78 Å². The average molecular weight is 427 g/mol. The summed E-state index contributed by atoms with van der Waals surface area (Å²) in [6.07, 6.45) is 3.64. The number of rotatable bonds is 6. The molecule has 2 aromatic carbocycles. The van der Waals surface area contributed by atoms with Gasteiger partial charge < -0.3 is 10.1 Å². The number of ketones is 1. The van der Waals surface area contributed by atoms with Crippen molar-refractivity contribution in [3.8, 4) is 21.9 Å². The van der Waals surface area contributed by atoms with Crippen LogP contribution in [-0.2, 0) is 0 Å².